The standard InChI is InChI=1S/C21H29NO6/c1-12-7-6-8-13(9-12)10-15(23)22-16-17(14-11-24-20(2,3)26-14)25-19-18(16)27-21(4,5)28-19/h6-9,14,16-19H,10-11H2,1-5H3,(H,22,23)/t14-,16-,17-,18-,19-/m1/s1. The molecule has 3 fully saturated rings. The van der Waals surface area contributed by atoms with Gasteiger partial charge in [-0.3, -0.25) is 4.79 Å². The molecule has 0 bridgehead atoms. The maximum atomic E-state index is 12.8. The number of benzene rings is 1. The number of ether oxygens (including phenoxy) is 5. The Morgan fingerprint density at radius 3 is 2.57 bits per heavy atom. The minimum Gasteiger partial charge on any atom is -0.348 e. The third-order valence-corrected chi connectivity index (χ3v) is 5.26. The van der Waals surface area contributed by atoms with Crippen molar-refractivity contribution >= 4 is 5.91 Å². The molecule has 0 aromatic heterocycles. The average molecular weight is 391 g/mol. The van der Waals surface area contributed by atoms with Crippen molar-refractivity contribution in [1.29, 1.82) is 0 Å². The Morgan fingerprint density at radius 2 is 1.89 bits per heavy atom. The molecule has 7 nitrogen and oxygen atoms in total. The van der Waals surface area contributed by atoms with Crippen LogP contribution in [0.15, 0.2) is 24.3 Å². The van der Waals surface area contributed by atoms with Crippen LogP contribution in [0.4, 0.5) is 0 Å². The van der Waals surface area contributed by atoms with E-state index in [4.69, 9.17) is 23.7 Å². The third kappa shape index (κ3) is 4.09. The molecule has 3 heterocycles. The molecule has 154 valence electrons. The lowest BCUT2D eigenvalue weighted by Crippen LogP contribution is -2.52. The highest BCUT2D eigenvalue weighted by molar-refractivity contribution is 5.79. The molecular weight excluding hydrogens is 362 g/mol. The fourth-order valence-electron chi connectivity index (χ4n) is 4.14. The van der Waals surface area contributed by atoms with Gasteiger partial charge in [0.1, 0.15) is 18.3 Å². The number of fused-ring (bicyclic) bond motifs is 1. The molecule has 0 unspecified atom stereocenters. The fourth-order valence-corrected chi connectivity index (χ4v) is 4.14. The highest BCUT2D eigenvalue weighted by Gasteiger charge is 2.58. The van der Waals surface area contributed by atoms with E-state index in [1.54, 1.807) is 0 Å². The molecule has 3 saturated heterocycles. The van der Waals surface area contributed by atoms with Crippen LogP contribution in [-0.4, -0.2) is 54.7 Å². The smallest absolute Gasteiger partial charge is 0.224 e. The van der Waals surface area contributed by atoms with Crippen LogP contribution >= 0.6 is 0 Å². The molecule has 28 heavy (non-hydrogen) atoms. The van der Waals surface area contributed by atoms with Crippen LogP contribution in [0, 0.1) is 6.92 Å². The van der Waals surface area contributed by atoms with E-state index in [9.17, 15) is 4.79 Å². The van der Waals surface area contributed by atoms with Crippen LogP contribution in [0.1, 0.15) is 38.8 Å². The van der Waals surface area contributed by atoms with Crippen molar-refractivity contribution in [3.8, 4) is 0 Å². The number of aryl methyl sites for hydroxylation is 1. The van der Waals surface area contributed by atoms with E-state index in [-0.39, 0.29) is 18.1 Å². The van der Waals surface area contributed by atoms with Gasteiger partial charge in [-0.25, -0.2) is 0 Å². The lowest BCUT2D eigenvalue weighted by Gasteiger charge is -2.29. The van der Waals surface area contributed by atoms with Gasteiger partial charge in [0.2, 0.25) is 5.91 Å². The Morgan fingerprint density at radius 1 is 1.11 bits per heavy atom. The van der Waals surface area contributed by atoms with Crippen LogP contribution in [-0.2, 0) is 34.9 Å². The molecule has 1 aromatic rings. The van der Waals surface area contributed by atoms with Gasteiger partial charge in [0.25, 0.3) is 0 Å². The van der Waals surface area contributed by atoms with Gasteiger partial charge in [-0.2, -0.15) is 0 Å². The number of carbonyl (C=O) groups excluding carboxylic acids is 1. The maximum Gasteiger partial charge on any atom is 0.224 e. The predicted molar refractivity (Wildman–Crippen MR) is 100 cm³/mol. The Balaban J connectivity index is 1.49. The van der Waals surface area contributed by atoms with Gasteiger partial charge in [0.05, 0.1) is 19.1 Å². The number of hydrogen-bond acceptors (Lipinski definition) is 6. The maximum absolute atomic E-state index is 12.8. The van der Waals surface area contributed by atoms with E-state index in [0.29, 0.717) is 13.0 Å². The number of nitrogens with one attached hydrogen (secondary N) is 1. The van der Waals surface area contributed by atoms with Crippen molar-refractivity contribution in [2.75, 3.05) is 6.61 Å². The van der Waals surface area contributed by atoms with Gasteiger partial charge in [-0.1, -0.05) is 29.8 Å². The molecule has 1 N–H and O–H groups in total. The van der Waals surface area contributed by atoms with Crippen LogP contribution in [0.25, 0.3) is 0 Å². The molecule has 0 saturated carbocycles. The summed E-state index contributed by atoms with van der Waals surface area (Å²) in [5, 5.41) is 3.11. The molecule has 3 aliphatic heterocycles. The van der Waals surface area contributed by atoms with Crippen LogP contribution in [0.2, 0.25) is 0 Å². The Kier molecular flexibility index (Phi) is 5.00. The molecule has 0 aliphatic carbocycles. The van der Waals surface area contributed by atoms with E-state index < -0.39 is 30.1 Å². The van der Waals surface area contributed by atoms with Crippen LogP contribution < -0.4 is 5.32 Å². The summed E-state index contributed by atoms with van der Waals surface area (Å²) >= 11 is 0. The van der Waals surface area contributed by atoms with Crippen molar-refractivity contribution in [3.63, 3.8) is 0 Å². The van der Waals surface area contributed by atoms with Crippen molar-refractivity contribution in [1.82, 2.24) is 5.32 Å². The summed E-state index contributed by atoms with van der Waals surface area (Å²) in [6, 6.07) is 7.55. The van der Waals surface area contributed by atoms with E-state index in [2.05, 4.69) is 5.32 Å². The first kappa shape index (κ1) is 19.8. The predicted octanol–water partition coefficient (Wildman–Crippen LogP) is 2.05. The molecular formula is C21H29NO6. The first-order valence-corrected chi connectivity index (χ1v) is 9.80. The zero-order chi connectivity index (χ0) is 20.1. The Hall–Kier alpha value is -1.51. The van der Waals surface area contributed by atoms with Gasteiger partial charge in [0, 0.05) is 0 Å². The summed E-state index contributed by atoms with van der Waals surface area (Å²) in [5.41, 5.74) is 2.09. The van der Waals surface area contributed by atoms with Gasteiger partial charge in [0.15, 0.2) is 17.9 Å². The van der Waals surface area contributed by atoms with Crippen molar-refractivity contribution in [2.45, 2.75) is 83.3 Å². The lowest BCUT2D eigenvalue weighted by molar-refractivity contribution is -0.223. The number of rotatable bonds is 4. The summed E-state index contributed by atoms with van der Waals surface area (Å²) in [7, 11) is 0. The highest BCUT2D eigenvalue weighted by atomic mass is 16.8. The van der Waals surface area contributed by atoms with Gasteiger partial charge in [-0.05, 0) is 40.2 Å². The summed E-state index contributed by atoms with van der Waals surface area (Å²) in [6.45, 7) is 9.82. The summed E-state index contributed by atoms with van der Waals surface area (Å²) < 4.78 is 29.7. The normalized spacial score (nSPS) is 35.7. The molecule has 5 atom stereocenters. The zero-order valence-electron chi connectivity index (χ0n) is 17.1. The van der Waals surface area contributed by atoms with E-state index in [0.717, 1.165) is 11.1 Å². The number of hydrogen-bond donors (Lipinski definition) is 1. The number of amides is 1. The van der Waals surface area contributed by atoms with Crippen molar-refractivity contribution < 1.29 is 28.5 Å². The van der Waals surface area contributed by atoms with E-state index in [1.807, 2.05) is 58.9 Å². The molecule has 0 radical (unpaired) electrons. The van der Waals surface area contributed by atoms with Crippen molar-refractivity contribution in [3.05, 3.63) is 35.4 Å². The average Bonchev–Trinajstić information content (AvgIpc) is 3.18. The van der Waals surface area contributed by atoms with Crippen LogP contribution in [0.5, 0.6) is 0 Å². The van der Waals surface area contributed by atoms with E-state index in [1.165, 1.54) is 0 Å². The second kappa shape index (κ2) is 7.07. The first-order valence-electron chi connectivity index (χ1n) is 9.80. The zero-order valence-corrected chi connectivity index (χ0v) is 17.1. The SMILES string of the molecule is Cc1cccc(CC(=O)N[C@H]2[C@H]3OC(C)(C)O[C@H]3O[C@@H]2[C@H]2COC(C)(C)O2)c1. The Bertz CT molecular complexity index is 748. The van der Waals surface area contributed by atoms with Gasteiger partial charge >= 0.3 is 0 Å². The summed E-state index contributed by atoms with van der Waals surface area (Å²) in [5.74, 6) is -1.52. The topological polar surface area (TPSA) is 75.3 Å². The Labute approximate surface area is 165 Å². The minimum atomic E-state index is -0.758. The molecule has 0 spiro atoms. The molecule has 4 rings (SSSR count). The monoisotopic (exact) mass is 391 g/mol. The van der Waals surface area contributed by atoms with Crippen LogP contribution in [0.3, 0.4) is 0 Å². The lowest BCUT2D eigenvalue weighted by atomic mass is 10.0. The fraction of sp³-hybridized carbons (Fsp3) is 0.667. The second-order valence-electron chi connectivity index (χ2n) is 8.70. The third-order valence-electron chi connectivity index (χ3n) is 5.26. The second-order valence-corrected chi connectivity index (χ2v) is 8.70. The van der Waals surface area contributed by atoms with Crippen molar-refractivity contribution in [2.24, 2.45) is 0 Å². The summed E-state index contributed by atoms with van der Waals surface area (Å²) in [4.78, 5) is 12.8. The largest absolute Gasteiger partial charge is 0.348 e. The summed E-state index contributed by atoms with van der Waals surface area (Å²) in [6.07, 6.45) is -1.36. The quantitative estimate of drug-likeness (QED) is 0.847. The molecule has 7 heteroatoms. The van der Waals surface area contributed by atoms with Gasteiger partial charge in [-0.15, -0.1) is 0 Å². The number of carbonyl (C=O) groups is 1. The minimum absolute atomic E-state index is 0.0867. The van der Waals surface area contributed by atoms with Gasteiger partial charge < -0.3 is 29.0 Å². The first-order chi connectivity index (χ1) is 13.1. The molecule has 1 aromatic carbocycles. The van der Waals surface area contributed by atoms with E-state index >= 15 is 0 Å². The highest BCUT2D eigenvalue weighted by Crippen LogP contribution is 2.40. The molecule has 3 aliphatic rings. The molecule has 1 amide bonds.